The number of nitrogens with zero attached hydrogens (tertiary/aromatic N) is 3. The zero-order valence-electron chi connectivity index (χ0n) is 16.2. The van der Waals surface area contributed by atoms with Gasteiger partial charge in [-0.3, -0.25) is 0 Å². The van der Waals surface area contributed by atoms with Crippen LogP contribution in [0.3, 0.4) is 0 Å². The van der Waals surface area contributed by atoms with Crippen LogP contribution in [0.25, 0.3) is 11.4 Å². The van der Waals surface area contributed by atoms with Crippen LogP contribution in [0.1, 0.15) is 32.2 Å². The Labute approximate surface area is 170 Å². The minimum absolute atomic E-state index is 0.0297. The number of aromatic nitrogens is 2. The lowest BCUT2D eigenvalue weighted by molar-refractivity contribution is 0.337. The van der Waals surface area contributed by atoms with E-state index >= 15 is 0 Å². The molecule has 0 aliphatic heterocycles. The van der Waals surface area contributed by atoms with E-state index in [-0.39, 0.29) is 22.7 Å². The van der Waals surface area contributed by atoms with Crippen molar-refractivity contribution >= 4 is 21.6 Å². The zero-order valence-corrected chi connectivity index (χ0v) is 17.8. The van der Waals surface area contributed by atoms with Crippen LogP contribution in [0.5, 0.6) is 0 Å². The highest BCUT2D eigenvalue weighted by atomic mass is 35.5. The van der Waals surface area contributed by atoms with Crippen molar-refractivity contribution in [1.82, 2.24) is 14.4 Å². The van der Waals surface area contributed by atoms with E-state index in [1.807, 2.05) is 24.3 Å². The van der Waals surface area contributed by atoms with Gasteiger partial charge >= 0.3 is 0 Å². The molecule has 8 heteroatoms. The monoisotopic (exact) mass is 419 g/mol. The summed E-state index contributed by atoms with van der Waals surface area (Å²) in [4.78, 5) is 4.48. The Bertz CT molecular complexity index is 1050. The molecule has 0 radical (unpaired) electrons. The van der Waals surface area contributed by atoms with Gasteiger partial charge in [0, 0.05) is 17.6 Å². The average molecular weight is 420 g/mol. The largest absolute Gasteiger partial charge is 0.338 e. The second kappa shape index (κ2) is 7.66. The number of sulfonamides is 1. The third kappa shape index (κ3) is 4.43. The molecule has 28 heavy (non-hydrogen) atoms. The predicted octanol–water partition coefficient (Wildman–Crippen LogP) is 4.51. The Morgan fingerprint density at radius 2 is 1.64 bits per heavy atom. The summed E-state index contributed by atoms with van der Waals surface area (Å²) in [5.41, 5.74) is 2.07. The fourth-order valence-electron chi connectivity index (χ4n) is 2.62. The van der Waals surface area contributed by atoms with Gasteiger partial charge in [0.2, 0.25) is 21.7 Å². The maximum Gasteiger partial charge on any atom is 0.243 e. The maximum absolute atomic E-state index is 12.6. The van der Waals surface area contributed by atoms with E-state index in [0.717, 1.165) is 9.87 Å². The highest BCUT2D eigenvalue weighted by Crippen LogP contribution is 2.25. The van der Waals surface area contributed by atoms with E-state index < -0.39 is 10.0 Å². The topological polar surface area (TPSA) is 76.3 Å². The molecule has 2 aromatic carbocycles. The van der Waals surface area contributed by atoms with Gasteiger partial charge in [-0.05, 0) is 35.2 Å². The SMILES string of the molecule is CN(Cc1nc(-c2ccc(C(C)(C)C)cc2)no1)S(=O)(=O)c1ccc(Cl)cc1. The molecule has 3 aromatic rings. The van der Waals surface area contributed by atoms with Crippen LogP contribution in [-0.2, 0) is 22.0 Å². The number of hydrogen-bond acceptors (Lipinski definition) is 5. The summed E-state index contributed by atoms with van der Waals surface area (Å²) in [6, 6.07) is 13.9. The fraction of sp³-hybridized carbons (Fsp3) is 0.300. The highest BCUT2D eigenvalue weighted by Gasteiger charge is 2.23. The van der Waals surface area contributed by atoms with Crippen LogP contribution in [0.2, 0.25) is 5.02 Å². The Kier molecular flexibility index (Phi) is 5.61. The van der Waals surface area contributed by atoms with Crippen molar-refractivity contribution in [2.24, 2.45) is 0 Å². The van der Waals surface area contributed by atoms with E-state index in [9.17, 15) is 8.42 Å². The molecule has 0 unspecified atom stereocenters. The lowest BCUT2D eigenvalue weighted by atomic mass is 9.87. The van der Waals surface area contributed by atoms with Crippen molar-refractivity contribution < 1.29 is 12.9 Å². The summed E-state index contributed by atoms with van der Waals surface area (Å²) >= 11 is 5.82. The predicted molar refractivity (Wildman–Crippen MR) is 109 cm³/mol. The van der Waals surface area contributed by atoms with Crippen LogP contribution in [-0.4, -0.2) is 29.9 Å². The second-order valence-electron chi connectivity index (χ2n) is 7.55. The third-order valence-electron chi connectivity index (χ3n) is 4.36. The van der Waals surface area contributed by atoms with E-state index in [0.29, 0.717) is 10.8 Å². The molecule has 0 saturated heterocycles. The molecule has 0 bridgehead atoms. The Hall–Kier alpha value is -2.22. The first-order valence-corrected chi connectivity index (χ1v) is 10.5. The van der Waals surface area contributed by atoms with Crippen LogP contribution < -0.4 is 0 Å². The molecule has 1 heterocycles. The summed E-state index contributed by atoms with van der Waals surface area (Å²) in [7, 11) is -2.22. The molecule has 3 rings (SSSR count). The minimum Gasteiger partial charge on any atom is -0.338 e. The van der Waals surface area contributed by atoms with E-state index in [1.54, 1.807) is 0 Å². The molecule has 0 spiro atoms. The fourth-order valence-corrected chi connectivity index (χ4v) is 3.86. The lowest BCUT2D eigenvalue weighted by Crippen LogP contribution is -2.26. The normalized spacial score (nSPS) is 12.5. The zero-order chi connectivity index (χ0) is 20.5. The number of benzene rings is 2. The van der Waals surface area contributed by atoms with Crippen molar-refractivity contribution in [2.45, 2.75) is 37.6 Å². The van der Waals surface area contributed by atoms with Crippen LogP contribution in [0, 0.1) is 0 Å². The summed E-state index contributed by atoms with van der Waals surface area (Å²) in [5, 5.41) is 4.45. The smallest absolute Gasteiger partial charge is 0.243 e. The van der Waals surface area contributed by atoms with Gasteiger partial charge in [-0.15, -0.1) is 0 Å². The minimum atomic E-state index is -3.68. The van der Waals surface area contributed by atoms with Gasteiger partial charge in [-0.1, -0.05) is 61.8 Å². The summed E-state index contributed by atoms with van der Waals surface area (Å²) in [6.45, 7) is 6.40. The Morgan fingerprint density at radius 1 is 1.04 bits per heavy atom. The molecule has 6 nitrogen and oxygen atoms in total. The molecule has 0 amide bonds. The Balaban J connectivity index is 1.76. The van der Waals surface area contributed by atoms with E-state index in [1.165, 1.54) is 36.9 Å². The molecule has 0 aliphatic carbocycles. The van der Waals surface area contributed by atoms with Gasteiger partial charge < -0.3 is 4.52 Å². The molecule has 0 atom stereocenters. The average Bonchev–Trinajstić information content (AvgIpc) is 3.10. The molecule has 0 fully saturated rings. The Morgan fingerprint density at radius 3 is 2.21 bits per heavy atom. The maximum atomic E-state index is 12.6. The molecule has 0 saturated carbocycles. The summed E-state index contributed by atoms with van der Waals surface area (Å²) < 4.78 is 31.7. The number of halogens is 1. The molecular formula is C20H22ClN3O3S. The lowest BCUT2D eigenvalue weighted by Gasteiger charge is -2.18. The van der Waals surface area contributed by atoms with E-state index in [4.69, 9.17) is 16.1 Å². The van der Waals surface area contributed by atoms with Crippen molar-refractivity contribution in [1.29, 1.82) is 0 Å². The second-order valence-corrected chi connectivity index (χ2v) is 10.0. The van der Waals surface area contributed by atoms with Crippen molar-refractivity contribution in [3.63, 3.8) is 0 Å². The van der Waals surface area contributed by atoms with Gasteiger partial charge in [0.05, 0.1) is 11.4 Å². The van der Waals surface area contributed by atoms with Crippen LogP contribution in [0.15, 0.2) is 57.9 Å². The van der Waals surface area contributed by atoms with Crippen molar-refractivity contribution in [3.05, 3.63) is 65.0 Å². The third-order valence-corrected chi connectivity index (χ3v) is 6.43. The van der Waals surface area contributed by atoms with Gasteiger partial charge in [0.1, 0.15) is 0 Å². The summed E-state index contributed by atoms with van der Waals surface area (Å²) in [6.07, 6.45) is 0. The molecule has 0 aliphatic rings. The van der Waals surface area contributed by atoms with Crippen LogP contribution in [0.4, 0.5) is 0 Å². The molecule has 0 N–H and O–H groups in total. The van der Waals surface area contributed by atoms with Crippen LogP contribution >= 0.6 is 11.6 Å². The first kappa shape index (κ1) is 20.5. The molecule has 148 valence electrons. The quantitative estimate of drug-likeness (QED) is 0.608. The molecule has 1 aromatic heterocycles. The summed E-state index contributed by atoms with van der Waals surface area (Å²) in [5.74, 6) is 0.641. The van der Waals surface area contributed by atoms with Crippen molar-refractivity contribution in [2.75, 3.05) is 7.05 Å². The van der Waals surface area contributed by atoms with Gasteiger partial charge in [0.15, 0.2) is 0 Å². The number of rotatable bonds is 5. The molecular weight excluding hydrogens is 398 g/mol. The first-order chi connectivity index (χ1) is 13.1. The van der Waals surface area contributed by atoms with Crippen molar-refractivity contribution in [3.8, 4) is 11.4 Å². The van der Waals surface area contributed by atoms with Gasteiger partial charge in [-0.2, -0.15) is 9.29 Å². The van der Waals surface area contributed by atoms with Gasteiger partial charge in [0.25, 0.3) is 0 Å². The highest BCUT2D eigenvalue weighted by molar-refractivity contribution is 7.89. The first-order valence-electron chi connectivity index (χ1n) is 8.73. The van der Waals surface area contributed by atoms with Gasteiger partial charge in [-0.25, -0.2) is 8.42 Å². The van der Waals surface area contributed by atoms with E-state index in [2.05, 4.69) is 30.9 Å². The number of hydrogen-bond donors (Lipinski definition) is 0. The standard InChI is InChI=1S/C20H22ClN3O3S/c1-20(2,3)15-7-5-14(6-8-15)19-22-18(27-23-19)13-24(4)28(25,26)17-11-9-16(21)10-12-17/h5-12H,13H2,1-4H3.